The van der Waals surface area contributed by atoms with Crippen molar-refractivity contribution in [3.05, 3.63) is 23.9 Å². The topological polar surface area (TPSA) is 50.9 Å². The van der Waals surface area contributed by atoms with Gasteiger partial charge in [0.05, 0.1) is 5.56 Å². The molecule has 0 bridgehead atoms. The monoisotopic (exact) mass is 235 g/mol. The number of nitrogens with zero attached hydrogens (tertiary/aromatic N) is 1. The minimum atomic E-state index is 0.398. The second-order valence-corrected chi connectivity index (χ2v) is 4.90. The Morgan fingerprint density at radius 2 is 2.44 bits per heavy atom. The van der Waals surface area contributed by atoms with Gasteiger partial charge in [-0.15, -0.1) is 0 Å². The Kier molecular flexibility index (Phi) is 3.39. The number of aromatic nitrogens is 1. The van der Waals surface area contributed by atoms with Gasteiger partial charge >= 0.3 is 0 Å². The summed E-state index contributed by atoms with van der Waals surface area (Å²) in [6, 6.07) is 3.75. The smallest absolute Gasteiger partial charge is 0.136 e. The number of hydrogen-bond donors (Lipinski definition) is 2. The van der Waals surface area contributed by atoms with Crippen LogP contribution in [0.2, 0.25) is 0 Å². The highest BCUT2D eigenvalue weighted by Crippen LogP contribution is 2.36. The first kappa shape index (κ1) is 11.3. The van der Waals surface area contributed by atoms with Gasteiger partial charge in [0.2, 0.25) is 0 Å². The van der Waals surface area contributed by atoms with E-state index in [9.17, 15) is 0 Å². The molecular formula is C12H17N3S. The molecule has 0 amide bonds. The predicted octanol–water partition coefficient (Wildman–Crippen LogP) is 2.17. The molecule has 2 rings (SSSR count). The quantitative estimate of drug-likeness (QED) is 0.768. The van der Waals surface area contributed by atoms with Crippen LogP contribution < -0.4 is 11.1 Å². The van der Waals surface area contributed by atoms with Crippen LogP contribution in [0.3, 0.4) is 0 Å². The fraction of sp³-hybridized carbons (Fsp3) is 0.500. The predicted molar refractivity (Wildman–Crippen MR) is 70.5 cm³/mol. The van der Waals surface area contributed by atoms with Gasteiger partial charge in [0.25, 0.3) is 0 Å². The van der Waals surface area contributed by atoms with E-state index in [0.29, 0.717) is 10.9 Å². The molecule has 0 radical (unpaired) electrons. The molecule has 1 aromatic rings. The van der Waals surface area contributed by atoms with E-state index in [1.54, 1.807) is 6.20 Å². The Morgan fingerprint density at radius 1 is 1.69 bits per heavy atom. The lowest BCUT2D eigenvalue weighted by molar-refractivity contribution is 0.536. The van der Waals surface area contributed by atoms with E-state index in [2.05, 4.69) is 17.2 Å². The zero-order valence-corrected chi connectivity index (χ0v) is 10.3. The van der Waals surface area contributed by atoms with Gasteiger partial charge in [-0.05, 0) is 36.8 Å². The van der Waals surface area contributed by atoms with Gasteiger partial charge in [0.1, 0.15) is 10.8 Å². The van der Waals surface area contributed by atoms with Crippen molar-refractivity contribution in [2.45, 2.75) is 19.8 Å². The summed E-state index contributed by atoms with van der Waals surface area (Å²) in [5, 5.41) is 3.34. The lowest BCUT2D eigenvalue weighted by atomic mass is 10.1. The van der Waals surface area contributed by atoms with Crippen LogP contribution in [0.4, 0.5) is 5.82 Å². The molecule has 86 valence electrons. The molecule has 0 aromatic carbocycles. The Bertz CT molecular complexity index is 388. The molecule has 4 heteroatoms. The van der Waals surface area contributed by atoms with Crippen LogP contribution in [-0.2, 0) is 0 Å². The number of thiocarbonyl (C=S) groups is 1. The van der Waals surface area contributed by atoms with E-state index < -0.39 is 0 Å². The average Bonchev–Trinajstić information content (AvgIpc) is 3.10. The second kappa shape index (κ2) is 4.78. The minimum absolute atomic E-state index is 0.398. The maximum absolute atomic E-state index is 5.64. The number of nitrogens with two attached hydrogens (primary N) is 1. The van der Waals surface area contributed by atoms with Gasteiger partial charge < -0.3 is 11.1 Å². The third-order valence-electron chi connectivity index (χ3n) is 3.09. The summed E-state index contributed by atoms with van der Waals surface area (Å²) in [5.41, 5.74) is 6.48. The molecule has 1 aromatic heterocycles. The molecule has 0 aliphatic heterocycles. The molecule has 0 saturated heterocycles. The first-order chi connectivity index (χ1) is 7.68. The van der Waals surface area contributed by atoms with Crippen molar-refractivity contribution >= 4 is 23.0 Å². The zero-order chi connectivity index (χ0) is 11.5. The van der Waals surface area contributed by atoms with E-state index in [4.69, 9.17) is 18.0 Å². The van der Waals surface area contributed by atoms with Crippen LogP contribution in [0.1, 0.15) is 25.3 Å². The summed E-state index contributed by atoms with van der Waals surface area (Å²) in [6.45, 7) is 3.21. The molecule has 1 aliphatic rings. The van der Waals surface area contributed by atoms with Crippen LogP contribution in [0.5, 0.6) is 0 Å². The van der Waals surface area contributed by atoms with Gasteiger partial charge in [0, 0.05) is 12.7 Å². The van der Waals surface area contributed by atoms with Crippen molar-refractivity contribution in [3.63, 3.8) is 0 Å². The molecule has 1 atom stereocenters. The maximum atomic E-state index is 5.64. The van der Waals surface area contributed by atoms with Gasteiger partial charge in [-0.25, -0.2) is 4.98 Å². The SMILES string of the molecule is CC(CNc1ncccc1C(N)=S)C1CC1. The number of pyridine rings is 1. The molecule has 1 unspecified atom stereocenters. The molecule has 1 aliphatic carbocycles. The van der Waals surface area contributed by atoms with Crippen molar-refractivity contribution in [2.75, 3.05) is 11.9 Å². The third-order valence-corrected chi connectivity index (χ3v) is 3.31. The fourth-order valence-corrected chi connectivity index (χ4v) is 2.00. The first-order valence-corrected chi connectivity index (χ1v) is 6.08. The molecule has 1 heterocycles. The molecular weight excluding hydrogens is 218 g/mol. The minimum Gasteiger partial charge on any atom is -0.389 e. The van der Waals surface area contributed by atoms with Crippen molar-refractivity contribution in [3.8, 4) is 0 Å². The maximum Gasteiger partial charge on any atom is 0.136 e. The van der Waals surface area contributed by atoms with Crippen molar-refractivity contribution < 1.29 is 0 Å². The highest BCUT2D eigenvalue weighted by molar-refractivity contribution is 7.80. The summed E-state index contributed by atoms with van der Waals surface area (Å²) >= 11 is 4.99. The van der Waals surface area contributed by atoms with Crippen molar-refractivity contribution in [1.29, 1.82) is 0 Å². The molecule has 1 saturated carbocycles. The average molecular weight is 235 g/mol. The summed E-state index contributed by atoms with van der Waals surface area (Å²) in [4.78, 5) is 4.67. The number of nitrogens with one attached hydrogen (secondary N) is 1. The Morgan fingerprint density at radius 3 is 3.06 bits per heavy atom. The Labute approximate surface area is 101 Å². The van der Waals surface area contributed by atoms with Crippen LogP contribution >= 0.6 is 12.2 Å². The van der Waals surface area contributed by atoms with Gasteiger partial charge in [0.15, 0.2) is 0 Å². The zero-order valence-electron chi connectivity index (χ0n) is 9.44. The third kappa shape index (κ3) is 2.70. The normalized spacial score (nSPS) is 16.8. The second-order valence-electron chi connectivity index (χ2n) is 4.46. The van der Waals surface area contributed by atoms with E-state index in [0.717, 1.165) is 23.8 Å². The lowest BCUT2D eigenvalue weighted by Gasteiger charge is -2.14. The largest absolute Gasteiger partial charge is 0.389 e. The number of anilines is 1. The highest BCUT2D eigenvalue weighted by atomic mass is 32.1. The summed E-state index contributed by atoms with van der Waals surface area (Å²) < 4.78 is 0. The van der Waals surface area contributed by atoms with Gasteiger partial charge in [-0.1, -0.05) is 19.1 Å². The van der Waals surface area contributed by atoms with Crippen molar-refractivity contribution in [2.24, 2.45) is 17.6 Å². The molecule has 3 N–H and O–H groups in total. The van der Waals surface area contributed by atoms with Crippen LogP contribution in [0.15, 0.2) is 18.3 Å². The van der Waals surface area contributed by atoms with E-state index in [1.165, 1.54) is 12.8 Å². The molecule has 3 nitrogen and oxygen atoms in total. The summed E-state index contributed by atoms with van der Waals surface area (Å²) in [7, 11) is 0. The standard InChI is InChI=1S/C12H17N3S/c1-8(9-4-5-9)7-15-12-10(11(13)16)3-2-6-14-12/h2-3,6,8-9H,4-5,7H2,1H3,(H2,13,16)(H,14,15). The van der Waals surface area contributed by atoms with Gasteiger partial charge in [-0.3, -0.25) is 0 Å². The Hall–Kier alpha value is -1.16. The highest BCUT2D eigenvalue weighted by Gasteiger charge is 2.27. The van der Waals surface area contributed by atoms with E-state index in [1.807, 2.05) is 12.1 Å². The molecule has 16 heavy (non-hydrogen) atoms. The van der Waals surface area contributed by atoms with Crippen LogP contribution in [-0.4, -0.2) is 16.5 Å². The van der Waals surface area contributed by atoms with Crippen LogP contribution in [0.25, 0.3) is 0 Å². The van der Waals surface area contributed by atoms with Crippen LogP contribution in [0, 0.1) is 11.8 Å². The number of hydrogen-bond acceptors (Lipinski definition) is 3. The lowest BCUT2D eigenvalue weighted by Crippen LogP contribution is -2.18. The van der Waals surface area contributed by atoms with E-state index in [-0.39, 0.29) is 0 Å². The first-order valence-electron chi connectivity index (χ1n) is 5.67. The van der Waals surface area contributed by atoms with E-state index >= 15 is 0 Å². The molecule has 0 spiro atoms. The summed E-state index contributed by atoms with van der Waals surface area (Å²) in [5.74, 6) is 2.40. The summed E-state index contributed by atoms with van der Waals surface area (Å²) in [6.07, 6.45) is 4.49. The Balaban J connectivity index is 1.99. The molecule has 1 fully saturated rings. The van der Waals surface area contributed by atoms with Crippen molar-refractivity contribution in [1.82, 2.24) is 4.98 Å². The fourth-order valence-electron chi connectivity index (χ4n) is 1.83. The van der Waals surface area contributed by atoms with Gasteiger partial charge in [-0.2, -0.15) is 0 Å². The number of rotatable bonds is 5.